The van der Waals surface area contributed by atoms with Crippen molar-refractivity contribution in [3.8, 4) is 5.75 Å². The van der Waals surface area contributed by atoms with E-state index in [4.69, 9.17) is 4.74 Å². The number of hydrogen-bond acceptors (Lipinski definition) is 5. The standard InChI is InChI=1S/C18H24N4O5/c1-4-19-16(25)20-14(23)11-22-15(24)18(2,21-17(22)26)10-9-12-5-7-13(27-3)8-6-12/h5-8H,4,9-11H2,1-3H3,(H,21,26)(H2,19,20,23,25)/t18-/m0/s1. The summed E-state index contributed by atoms with van der Waals surface area (Å²) in [5.41, 5.74) is -0.116. The number of ether oxygens (including phenoxy) is 1. The van der Waals surface area contributed by atoms with Gasteiger partial charge < -0.3 is 15.4 Å². The summed E-state index contributed by atoms with van der Waals surface area (Å²) in [6, 6.07) is 6.11. The Kier molecular flexibility index (Phi) is 6.38. The SMILES string of the molecule is CCNC(=O)NC(=O)CN1C(=O)N[C@@](C)(CCc2ccc(OC)cc2)C1=O. The summed E-state index contributed by atoms with van der Waals surface area (Å²) < 4.78 is 5.11. The van der Waals surface area contributed by atoms with E-state index in [0.717, 1.165) is 16.2 Å². The highest BCUT2D eigenvalue weighted by atomic mass is 16.5. The lowest BCUT2D eigenvalue weighted by Gasteiger charge is -2.21. The van der Waals surface area contributed by atoms with Gasteiger partial charge in [-0.3, -0.25) is 19.8 Å². The molecule has 0 radical (unpaired) electrons. The van der Waals surface area contributed by atoms with Crippen LogP contribution in [0, 0.1) is 0 Å². The molecule has 27 heavy (non-hydrogen) atoms. The predicted molar refractivity (Wildman–Crippen MR) is 97.2 cm³/mol. The predicted octanol–water partition coefficient (Wildman–Crippen LogP) is 0.784. The Bertz CT molecular complexity index is 734. The first-order valence-electron chi connectivity index (χ1n) is 8.63. The molecule has 0 bridgehead atoms. The second-order valence-electron chi connectivity index (χ2n) is 6.41. The molecule has 1 aliphatic heterocycles. The van der Waals surface area contributed by atoms with Gasteiger partial charge in [0, 0.05) is 6.54 Å². The molecule has 1 aromatic rings. The minimum atomic E-state index is -1.11. The zero-order valence-electron chi connectivity index (χ0n) is 15.6. The zero-order chi connectivity index (χ0) is 20.0. The Morgan fingerprint density at radius 1 is 1.22 bits per heavy atom. The van der Waals surface area contributed by atoms with Crippen molar-refractivity contribution in [3.63, 3.8) is 0 Å². The normalized spacial score (nSPS) is 18.9. The summed E-state index contributed by atoms with van der Waals surface area (Å²) in [6.07, 6.45) is 0.934. The fourth-order valence-electron chi connectivity index (χ4n) is 2.76. The number of methoxy groups -OCH3 is 1. The first-order valence-corrected chi connectivity index (χ1v) is 8.63. The summed E-state index contributed by atoms with van der Waals surface area (Å²) in [6.45, 7) is 3.17. The van der Waals surface area contributed by atoms with Gasteiger partial charge >= 0.3 is 12.1 Å². The number of nitrogens with one attached hydrogen (secondary N) is 3. The molecule has 1 aliphatic rings. The average Bonchev–Trinajstić information content (AvgIpc) is 2.84. The number of amides is 6. The number of carbonyl (C=O) groups excluding carboxylic acids is 4. The Balaban J connectivity index is 1.96. The number of imide groups is 2. The molecular weight excluding hydrogens is 352 g/mol. The summed E-state index contributed by atoms with van der Waals surface area (Å²) in [7, 11) is 1.58. The molecule has 0 spiro atoms. The van der Waals surface area contributed by atoms with Crippen LogP contribution in [0.2, 0.25) is 0 Å². The zero-order valence-corrected chi connectivity index (χ0v) is 15.6. The Morgan fingerprint density at radius 2 is 1.89 bits per heavy atom. The molecule has 1 fully saturated rings. The number of carbonyl (C=O) groups is 4. The van der Waals surface area contributed by atoms with Gasteiger partial charge in [-0.15, -0.1) is 0 Å². The van der Waals surface area contributed by atoms with Gasteiger partial charge in [0.2, 0.25) is 5.91 Å². The summed E-state index contributed by atoms with van der Waals surface area (Å²) in [5, 5.41) is 7.11. The van der Waals surface area contributed by atoms with Crippen molar-refractivity contribution >= 4 is 23.9 Å². The number of hydrogen-bond donors (Lipinski definition) is 3. The van der Waals surface area contributed by atoms with Gasteiger partial charge in [0.1, 0.15) is 17.8 Å². The molecule has 146 valence electrons. The van der Waals surface area contributed by atoms with Gasteiger partial charge in [-0.2, -0.15) is 0 Å². The van der Waals surface area contributed by atoms with Gasteiger partial charge in [-0.1, -0.05) is 12.1 Å². The molecule has 3 N–H and O–H groups in total. The quantitative estimate of drug-likeness (QED) is 0.608. The molecular formula is C18H24N4O5. The van der Waals surface area contributed by atoms with Crippen molar-refractivity contribution in [2.24, 2.45) is 0 Å². The highest BCUT2D eigenvalue weighted by molar-refractivity contribution is 6.09. The van der Waals surface area contributed by atoms with Gasteiger partial charge in [0.25, 0.3) is 5.91 Å². The third-order valence-corrected chi connectivity index (χ3v) is 4.31. The highest BCUT2D eigenvalue weighted by Crippen LogP contribution is 2.23. The van der Waals surface area contributed by atoms with Crippen molar-refractivity contribution in [3.05, 3.63) is 29.8 Å². The van der Waals surface area contributed by atoms with Crippen molar-refractivity contribution in [2.75, 3.05) is 20.2 Å². The summed E-state index contributed by atoms with van der Waals surface area (Å²) >= 11 is 0. The molecule has 1 atom stereocenters. The van der Waals surface area contributed by atoms with Crippen LogP contribution in [0.3, 0.4) is 0 Å². The lowest BCUT2D eigenvalue weighted by Crippen LogP contribution is -2.47. The van der Waals surface area contributed by atoms with Gasteiger partial charge in [0.05, 0.1) is 7.11 Å². The highest BCUT2D eigenvalue weighted by Gasteiger charge is 2.47. The van der Waals surface area contributed by atoms with Crippen LogP contribution in [0.15, 0.2) is 24.3 Å². The van der Waals surface area contributed by atoms with Crippen LogP contribution in [0.5, 0.6) is 5.75 Å². The van der Waals surface area contributed by atoms with Crippen LogP contribution in [0.25, 0.3) is 0 Å². The first-order chi connectivity index (χ1) is 12.8. The minimum Gasteiger partial charge on any atom is -0.497 e. The third-order valence-electron chi connectivity index (χ3n) is 4.31. The van der Waals surface area contributed by atoms with E-state index < -0.39 is 36.0 Å². The molecule has 0 aromatic heterocycles. The molecule has 1 heterocycles. The van der Waals surface area contributed by atoms with E-state index in [2.05, 4.69) is 16.0 Å². The van der Waals surface area contributed by atoms with E-state index in [0.29, 0.717) is 19.4 Å². The van der Waals surface area contributed by atoms with Crippen LogP contribution < -0.4 is 20.7 Å². The fourth-order valence-corrected chi connectivity index (χ4v) is 2.76. The monoisotopic (exact) mass is 376 g/mol. The van der Waals surface area contributed by atoms with E-state index >= 15 is 0 Å². The van der Waals surface area contributed by atoms with E-state index in [9.17, 15) is 19.2 Å². The van der Waals surface area contributed by atoms with Gasteiger partial charge in [0.15, 0.2) is 0 Å². The summed E-state index contributed by atoms with van der Waals surface area (Å²) in [5.74, 6) is -0.490. The lowest BCUT2D eigenvalue weighted by atomic mass is 9.93. The summed E-state index contributed by atoms with van der Waals surface area (Å²) in [4.78, 5) is 48.8. The molecule has 9 nitrogen and oxygen atoms in total. The van der Waals surface area contributed by atoms with Crippen molar-refractivity contribution < 1.29 is 23.9 Å². The molecule has 2 rings (SSSR count). The number of urea groups is 2. The maximum Gasteiger partial charge on any atom is 0.325 e. The van der Waals surface area contributed by atoms with Crippen molar-refractivity contribution in [1.82, 2.24) is 20.9 Å². The van der Waals surface area contributed by atoms with Crippen molar-refractivity contribution in [2.45, 2.75) is 32.2 Å². The second kappa shape index (κ2) is 8.52. The first kappa shape index (κ1) is 20.2. The van der Waals surface area contributed by atoms with E-state index in [1.807, 2.05) is 24.3 Å². The molecule has 0 aliphatic carbocycles. The molecule has 0 saturated carbocycles. The molecule has 1 saturated heterocycles. The second-order valence-corrected chi connectivity index (χ2v) is 6.41. The number of benzene rings is 1. The molecule has 6 amide bonds. The van der Waals surface area contributed by atoms with E-state index in [1.54, 1.807) is 21.0 Å². The largest absolute Gasteiger partial charge is 0.497 e. The average molecular weight is 376 g/mol. The minimum absolute atomic E-state index is 0.353. The van der Waals surface area contributed by atoms with Crippen LogP contribution in [-0.4, -0.2) is 54.5 Å². The van der Waals surface area contributed by atoms with Crippen LogP contribution in [0.4, 0.5) is 9.59 Å². The maximum atomic E-state index is 12.6. The maximum absolute atomic E-state index is 12.6. The van der Waals surface area contributed by atoms with Gasteiger partial charge in [-0.05, 0) is 44.4 Å². The molecule has 0 unspecified atom stereocenters. The smallest absolute Gasteiger partial charge is 0.325 e. The van der Waals surface area contributed by atoms with Crippen LogP contribution in [-0.2, 0) is 16.0 Å². The molecule has 9 heteroatoms. The Morgan fingerprint density at radius 3 is 2.48 bits per heavy atom. The fraction of sp³-hybridized carbons (Fsp3) is 0.444. The Labute approximate surface area is 157 Å². The van der Waals surface area contributed by atoms with E-state index in [-0.39, 0.29) is 0 Å². The van der Waals surface area contributed by atoms with Crippen LogP contribution >= 0.6 is 0 Å². The number of nitrogens with zero attached hydrogens (tertiary/aromatic N) is 1. The van der Waals surface area contributed by atoms with Crippen LogP contribution in [0.1, 0.15) is 25.8 Å². The van der Waals surface area contributed by atoms with E-state index in [1.165, 1.54) is 0 Å². The third kappa shape index (κ3) is 4.96. The van der Waals surface area contributed by atoms with Crippen molar-refractivity contribution in [1.29, 1.82) is 0 Å². The lowest BCUT2D eigenvalue weighted by molar-refractivity contribution is -0.134. The topological polar surface area (TPSA) is 117 Å². The number of rotatable bonds is 7. The number of aryl methyl sites for hydroxylation is 1. The molecule has 1 aromatic carbocycles. The Hall–Kier alpha value is -3.10. The van der Waals surface area contributed by atoms with Gasteiger partial charge in [-0.25, -0.2) is 9.59 Å².